The second-order valence-electron chi connectivity index (χ2n) is 10.0. The molecule has 0 heterocycles. The van der Waals surface area contributed by atoms with Gasteiger partial charge in [-0.25, -0.2) is 0 Å². The molecule has 0 saturated carbocycles. The van der Waals surface area contributed by atoms with E-state index in [0.717, 1.165) is 25.7 Å². The Morgan fingerprint density at radius 2 is 0.543 bits per heavy atom. The van der Waals surface area contributed by atoms with Crippen LogP contribution in [-0.2, 0) is 29.1 Å². The fourth-order valence-electron chi connectivity index (χ4n) is 4.22. The van der Waals surface area contributed by atoms with Gasteiger partial charge in [0.15, 0.2) is 0 Å². The van der Waals surface area contributed by atoms with Crippen LogP contribution in [-0.4, -0.2) is 11.9 Å². The van der Waals surface area contributed by atoms with E-state index in [9.17, 15) is 19.8 Å². The van der Waals surface area contributed by atoms with Crippen molar-refractivity contribution >= 4 is 11.9 Å². The van der Waals surface area contributed by atoms with Gasteiger partial charge >= 0.3 is 19.5 Å². The van der Waals surface area contributed by atoms with Gasteiger partial charge in [0.25, 0.3) is 0 Å². The van der Waals surface area contributed by atoms with Crippen molar-refractivity contribution in [2.75, 3.05) is 0 Å². The largest absolute Gasteiger partial charge is 2.00 e. The smallest absolute Gasteiger partial charge is 0.550 e. The molecule has 0 radical (unpaired) electrons. The molecule has 0 aromatic heterocycles. The summed E-state index contributed by atoms with van der Waals surface area (Å²) in [5, 5.41) is 20.3. The predicted octanol–water partition coefficient (Wildman–Crippen LogP) is 7.65. The molecule has 0 amide bonds. The summed E-state index contributed by atoms with van der Waals surface area (Å²) in [5.41, 5.74) is 0. The molecule has 5 heteroatoms. The minimum Gasteiger partial charge on any atom is -0.550 e. The fourth-order valence-corrected chi connectivity index (χ4v) is 4.22. The van der Waals surface area contributed by atoms with Crippen LogP contribution in [0.3, 0.4) is 0 Å². The molecule has 0 N–H and O–H groups in total. The average molecular weight is 548 g/mol. The molecular formula is C30H58O4Zn. The summed E-state index contributed by atoms with van der Waals surface area (Å²) in [4.78, 5) is 20.3. The Morgan fingerprint density at radius 3 is 0.714 bits per heavy atom. The molecule has 0 aromatic rings. The van der Waals surface area contributed by atoms with Crippen LogP contribution in [0.1, 0.15) is 181 Å². The monoisotopic (exact) mass is 546 g/mol. The van der Waals surface area contributed by atoms with Crippen LogP contribution in [0.5, 0.6) is 0 Å². The molecular weight excluding hydrogens is 490 g/mol. The quantitative estimate of drug-likeness (QED) is 0.0822. The second-order valence-corrected chi connectivity index (χ2v) is 10.0. The number of carboxylic acids is 2. The normalized spacial score (nSPS) is 10.3. The standard InChI is InChI=1S/C18H36O2.C12H24O2.Zn/c1-2-3-4-5-6-7-8-9-10-11-12-13-14-15-16-17-18(19)20;1-2-3-4-5-6-7-8-9-10-11-12(13)14;/h2-17H2,1H3,(H,19,20);2-11H2,1H3,(H,13,14);/q;;+2/p-2. The number of carboxylic acid groups (broad SMARTS) is 2. The first-order chi connectivity index (χ1) is 16.5. The number of hydrogen-bond donors (Lipinski definition) is 0. The van der Waals surface area contributed by atoms with E-state index in [4.69, 9.17) is 0 Å². The van der Waals surface area contributed by atoms with Crippen molar-refractivity contribution in [2.45, 2.75) is 181 Å². The van der Waals surface area contributed by atoms with Crippen molar-refractivity contribution in [3.63, 3.8) is 0 Å². The zero-order valence-electron chi connectivity index (χ0n) is 23.7. The molecule has 4 nitrogen and oxygen atoms in total. The van der Waals surface area contributed by atoms with Crippen molar-refractivity contribution in [1.82, 2.24) is 0 Å². The van der Waals surface area contributed by atoms with Crippen LogP contribution in [0.15, 0.2) is 0 Å². The van der Waals surface area contributed by atoms with Crippen molar-refractivity contribution in [2.24, 2.45) is 0 Å². The molecule has 0 aliphatic carbocycles. The van der Waals surface area contributed by atoms with E-state index in [-0.39, 0.29) is 32.3 Å². The van der Waals surface area contributed by atoms with Crippen LogP contribution in [0, 0.1) is 0 Å². The van der Waals surface area contributed by atoms with E-state index in [1.807, 2.05) is 0 Å². The molecule has 0 atom stereocenters. The van der Waals surface area contributed by atoms with Gasteiger partial charge in [-0.3, -0.25) is 0 Å². The minimum absolute atomic E-state index is 0. The molecule has 0 aliphatic heterocycles. The third-order valence-corrected chi connectivity index (χ3v) is 6.47. The van der Waals surface area contributed by atoms with E-state index in [0.29, 0.717) is 0 Å². The van der Waals surface area contributed by atoms with Gasteiger partial charge in [-0.1, -0.05) is 155 Å². The van der Waals surface area contributed by atoms with E-state index in [1.165, 1.54) is 128 Å². The molecule has 0 spiro atoms. The molecule has 0 aromatic carbocycles. The number of unbranched alkanes of at least 4 members (excludes halogenated alkanes) is 22. The number of rotatable bonds is 26. The van der Waals surface area contributed by atoms with Gasteiger partial charge in [0.05, 0.1) is 0 Å². The van der Waals surface area contributed by atoms with Crippen LogP contribution in [0.4, 0.5) is 0 Å². The van der Waals surface area contributed by atoms with Crippen molar-refractivity contribution < 1.29 is 39.3 Å². The molecule has 204 valence electrons. The summed E-state index contributed by atoms with van der Waals surface area (Å²) >= 11 is 0. The molecule has 0 rings (SSSR count). The third-order valence-electron chi connectivity index (χ3n) is 6.47. The summed E-state index contributed by atoms with van der Waals surface area (Å²) in [6.07, 6.45) is 31.0. The van der Waals surface area contributed by atoms with E-state index >= 15 is 0 Å². The van der Waals surface area contributed by atoms with Gasteiger partial charge in [0.1, 0.15) is 0 Å². The zero-order chi connectivity index (χ0) is 25.5. The first kappa shape index (κ1) is 39.1. The molecule has 35 heavy (non-hydrogen) atoms. The average Bonchev–Trinajstić information content (AvgIpc) is 2.80. The van der Waals surface area contributed by atoms with E-state index in [1.54, 1.807) is 0 Å². The number of aliphatic carboxylic acids is 2. The van der Waals surface area contributed by atoms with E-state index in [2.05, 4.69) is 13.8 Å². The maximum atomic E-state index is 10.2. The van der Waals surface area contributed by atoms with Gasteiger partial charge in [-0.2, -0.15) is 0 Å². The van der Waals surface area contributed by atoms with Crippen molar-refractivity contribution in [3.05, 3.63) is 0 Å². The van der Waals surface area contributed by atoms with Crippen LogP contribution >= 0.6 is 0 Å². The summed E-state index contributed by atoms with van der Waals surface area (Å²) in [6, 6.07) is 0. The third kappa shape index (κ3) is 44.0. The SMILES string of the molecule is CCCCCCCCCCCC(=O)[O-].CCCCCCCCCCCCCCCCCC(=O)[O-].[Zn+2]. The van der Waals surface area contributed by atoms with Crippen molar-refractivity contribution in [1.29, 1.82) is 0 Å². The molecule has 0 fully saturated rings. The number of carbonyl (C=O) groups is 2. The number of carbonyl (C=O) groups excluding carboxylic acids is 2. The summed E-state index contributed by atoms with van der Waals surface area (Å²) < 4.78 is 0. The second kappa shape index (κ2) is 35.7. The van der Waals surface area contributed by atoms with Crippen molar-refractivity contribution in [3.8, 4) is 0 Å². The maximum absolute atomic E-state index is 10.2. The Hall–Kier alpha value is -0.437. The Labute approximate surface area is 231 Å². The molecule has 0 aliphatic rings. The van der Waals surface area contributed by atoms with Gasteiger partial charge in [-0.05, 0) is 25.7 Å². The van der Waals surface area contributed by atoms with E-state index < -0.39 is 11.9 Å². The number of hydrogen-bond acceptors (Lipinski definition) is 4. The maximum Gasteiger partial charge on any atom is 2.00 e. The summed E-state index contributed by atoms with van der Waals surface area (Å²) in [7, 11) is 0. The Balaban J connectivity index is -0.000000603. The van der Waals surface area contributed by atoms with Gasteiger partial charge in [-0.15, -0.1) is 0 Å². The molecule has 0 bridgehead atoms. The molecule has 0 saturated heterocycles. The fraction of sp³-hybridized carbons (Fsp3) is 0.933. The first-order valence-electron chi connectivity index (χ1n) is 14.9. The Kier molecular flexibility index (Phi) is 39.9. The van der Waals surface area contributed by atoms with Gasteiger partial charge < -0.3 is 19.8 Å². The Morgan fingerprint density at radius 1 is 0.371 bits per heavy atom. The Bertz CT molecular complexity index is 415. The molecule has 0 unspecified atom stereocenters. The predicted molar refractivity (Wildman–Crippen MR) is 141 cm³/mol. The first-order valence-corrected chi connectivity index (χ1v) is 14.9. The zero-order valence-corrected chi connectivity index (χ0v) is 26.7. The van der Waals surface area contributed by atoms with Gasteiger partial charge in [0, 0.05) is 11.9 Å². The summed E-state index contributed by atoms with van der Waals surface area (Å²) in [5.74, 6) is -1.81. The summed E-state index contributed by atoms with van der Waals surface area (Å²) in [6.45, 7) is 4.49. The topological polar surface area (TPSA) is 80.3 Å². The van der Waals surface area contributed by atoms with Crippen LogP contribution in [0.25, 0.3) is 0 Å². The van der Waals surface area contributed by atoms with Crippen LogP contribution < -0.4 is 10.2 Å². The minimum atomic E-state index is -0.909. The van der Waals surface area contributed by atoms with Gasteiger partial charge in [0.2, 0.25) is 0 Å². The van der Waals surface area contributed by atoms with Crippen LogP contribution in [0.2, 0.25) is 0 Å².